The highest BCUT2D eigenvalue weighted by atomic mass is 16.7. The maximum absolute atomic E-state index is 5.12. The van der Waals surface area contributed by atoms with Crippen molar-refractivity contribution < 1.29 is 4.84 Å². The Labute approximate surface area is 78.1 Å². The van der Waals surface area contributed by atoms with Gasteiger partial charge in [0.05, 0.1) is 18.3 Å². The summed E-state index contributed by atoms with van der Waals surface area (Å²) in [6, 6.07) is 2.31. The number of rotatable bonds is 1. The van der Waals surface area contributed by atoms with Crippen LogP contribution in [0.1, 0.15) is 29.3 Å². The molecule has 2 heterocycles. The van der Waals surface area contributed by atoms with Crippen LogP contribution in [0.25, 0.3) is 0 Å². The first-order chi connectivity index (χ1) is 6.29. The quantitative estimate of drug-likeness (QED) is 0.710. The van der Waals surface area contributed by atoms with Crippen LogP contribution < -0.4 is 5.48 Å². The van der Waals surface area contributed by atoms with Crippen LogP contribution in [0.3, 0.4) is 0 Å². The van der Waals surface area contributed by atoms with Gasteiger partial charge in [-0.15, -0.1) is 0 Å². The van der Waals surface area contributed by atoms with Gasteiger partial charge in [0, 0.05) is 6.20 Å². The summed E-state index contributed by atoms with van der Waals surface area (Å²) >= 11 is 0. The molecule has 1 fully saturated rings. The third kappa shape index (κ3) is 1.57. The summed E-state index contributed by atoms with van der Waals surface area (Å²) in [6.07, 6.45) is 2.87. The van der Waals surface area contributed by atoms with E-state index in [9.17, 15) is 0 Å². The van der Waals surface area contributed by atoms with Gasteiger partial charge in [0.25, 0.3) is 0 Å². The molecule has 0 radical (unpaired) electrons. The Morgan fingerprint density at radius 1 is 1.54 bits per heavy atom. The molecule has 1 aliphatic heterocycles. The van der Waals surface area contributed by atoms with Crippen LogP contribution in [0.2, 0.25) is 0 Å². The van der Waals surface area contributed by atoms with Gasteiger partial charge in [-0.05, 0) is 37.5 Å². The number of hydroxylamine groups is 1. The van der Waals surface area contributed by atoms with E-state index in [0.717, 1.165) is 18.7 Å². The van der Waals surface area contributed by atoms with E-state index in [0.29, 0.717) is 0 Å². The van der Waals surface area contributed by atoms with Crippen molar-refractivity contribution in [2.45, 2.75) is 26.3 Å². The zero-order valence-corrected chi connectivity index (χ0v) is 8.00. The first-order valence-electron chi connectivity index (χ1n) is 4.58. The average Bonchev–Trinajstić information content (AvgIpc) is 2.62. The molecule has 1 saturated heterocycles. The predicted molar refractivity (Wildman–Crippen MR) is 50.2 cm³/mol. The Bertz CT molecular complexity index is 306. The number of hydrogen-bond acceptors (Lipinski definition) is 3. The maximum Gasteiger partial charge on any atom is 0.0768 e. The smallest absolute Gasteiger partial charge is 0.0768 e. The van der Waals surface area contributed by atoms with Crippen molar-refractivity contribution >= 4 is 0 Å². The molecule has 0 spiro atoms. The van der Waals surface area contributed by atoms with Crippen LogP contribution in [0.5, 0.6) is 0 Å². The second kappa shape index (κ2) is 3.44. The highest BCUT2D eigenvalue weighted by Crippen LogP contribution is 2.23. The minimum absolute atomic E-state index is 0.278. The minimum Gasteiger partial charge on any atom is -0.301 e. The first kappa shape index (κ1) is 8.66. The summed E-state index contributed by atoms with van der Waals surface area (Å²) in [7, 11) is 0. The van der Waals surface area contributed by atoms with Crippen molar-refractivity contribution in [2.24, 2.45) is 0 Å². The lowest BCUT2D eigenvalue weighted by Gasteiger charge is -2.12. The second-order valence-electron chi connectivity index (χ2n) is 3.45. The van der Waals surface area contributed by atoms with Crippen molar-refractivity contribution in [3.8, 4) is 0 Å². The van der Waals surface area contributed by atoms with E-state index < -0.39 is 0 Å². The zero-order valence-electron chi connectivity index (χ0n) is 8.00. The largest absolute Gasteiger partial charge is 0.301 e. The molecule has 13 heavy (non-hydrogen) atoms. The molecule has 0 bridgehead atoms. The van der Waals surface area contributed by atoms with E-state index in [2.05, 4.69) is 24.3 Å². The van der Waals surface area contributed by atoms with Crippen molar-refractivity contribution in [3.63, 3.8) is 0 Å². The third-order valence-corrected chi connectivity index (χ3v) is 2.58. The summed E-state index contributed by atoms with van der Waals surface area (Å²) in [5.74, 6) is 0. The molecule has 0 aliphatic carbocycles. The van der Waals surface area contributed by atoms with Gasteiger partial charge in [-0.3, -0.25) is 4.98 Å². The molecule has 1 aromatic heterocycles. The number of hydrogen-bond donors (Lipinski definition) is 1. The van der Waals surface area contributed by atoms with E-state index in [1.807, 2.05) is 12.3 Å². The molecule has 2 rings (SSSR count). The molecule has 3 heteroatoms. The van der Waals surface area contributed by atoms with Crippen molar-refractivity contribution in [1.29, 1.82) is 0 Å². The van der Waals surface area contributed by atoms with Gasteiger partial charge >= 0.3 is 0 Å². The lowest BCUT2D eigenvalue weighted by molar-refractivity contribution is 0.0875. The molecule has 70 valence electrons. The van der Waals surface area contributed by atoms with Gasteiger partial charge in [0.2, 0.25) is 0 Å². The van der Waals surface area contributed by atoms with Crippen LogP contribution in [0, 0.1) is 13.8 Å². The van der Waals surface area contributed by atoms with Gasteiger partial charge in [-0.2, -0.15) is 5.48 Å². The molecule has 1 unspecified atom stereocenters. The molecule has 1 N–H and O–H groups in total. The fourth-order valence-corrected chi connectivity index (χ4v) is 1.59. The molecule has 0 amide bonds. The molecular formula is C10H14N2O. The van der Waals surface area contributed by atoms with Gasteiger partial charge in [-0.25, -0.2) is 0 Å². The summed E-state index contributed by atoms with van der Waals surface area (Å²) in [5, 5.41) is 0. The second-order valence-corrected chi connectivity index (χ2v) is 3.45. The van der Waals surface area contributed by atoms with Crippen LogP contribution >= 0.6 is 0 Å². The van der Waals surface area contributed by atoms with Crippen molar-refractivity contribution in [2.75, 3.05) is 6.61 Å². The first-order valence-corrected chi connectivity index (χ1v) is 4.58. The van der Waals surface area contributed by atoms with E-state index in [1.165, 1.54) is 11.1 Å². The average molecular weight is 178 g/mol. The van der Waals surface area contributed by atoms with Crippen LogP contribution in [-0.4, -0.2) is 11.6 Å². The van der Waals surface area contributed by atoms with E-state index in [4.69, 9.17) is 4.84 Å². The number of nitrogens with one attached hydrogen (secondary N) is 1. The van der Waals surface area contributed by atoms with E-state index >= 15 is 0 Å². The topological polar surface area (TPSA) is 34.1 Å². The third-order valence-electron chi connectivity index (χ3n) is 2.58. The SMILES string of the molecule is Cc1ccnc(C2CCON2)c1C. The molecule has 0 aromatic carbocycles. The number of nitrogens with zero attached hydrogens (tertiary/aromatic N) is 1. The van der Waals surface area contributed by atoms with Gasteiger partial charge in [-0.1, -0.05) is 0 Å². The van der Waals surface area contributed by atoms with Gasteiger partial charge in [0.15, 0.2) is 0 Å². The Kier molecular flexibility index (Phi) is 2.29. The molecule has 1 aliphatic rings. The molecule has 0 saturated carbocycles. The Hall–Kier alpha value is -0.930. The highest BCUT2D eigenvalue weighted by molar-refractivity contribution is 5.29. The summed E-state index contributed by atoms with van der Waals surface area (Å²) in [5.41, 5.74) is 6.66. The fourth-order valence-electron chi connectivity index (χ4n) is 1.59. The van der Waals surface area contributed by atoms with Crippen LogP contribution in [0.4, 0.5) is 0 Å². The Morgan fingerprint density at radius 2 is 2.38 bits per heavy atom. The van der Waals surface area contributed by atoms with Gasteiger partial charge < -0.3 is 4.84 Å². The Morgan fingerprint density at radius 3 is 3.08 bits per heavy atom. The maximum atomic E-state index is 5.12. The Balaban J connectivity index is 2.33. The van der Waals surface area contributed by atoms with Crippen molar-refractivity contribution in [3.05, 3.63) is 29.1 Å². The normalized spacial score (nSPS) is 22.2. The molecule has 1 aromatic rings. The standard InChI is InChI=1S/C10H14N2O/c1-7-3-5-11-10(8(7)2)9-4-6-13-12-9/h3,5,9,12H,4,6H2,1-2H3. The summed E-state index contributed by atoms with van der Waals surface area (Å²) in [4.78, 5) is 9.49. The van der Waals surface area contributed by atoms with Crippen LogP contribution in [0.15, 0.2) is 12.3 Å². The summed E-state index contributed by atoms with van der Waals surface area (Å²) < 4.78 is 0. The highest BCUT2D eigenvalue weighted by Gasteiger charge is 2.20. The monoisotopic (exact) mass is 178 g/mol. The number of aryl methyl sites for hydroxylation is 1. The summed E-state index contributed by atoms with van der Waals surface area (Å²) in [6.45, 7) is 4.99. The van der Waals surface area contributed by atoms with Gasteiger partial charge in [0.1, 0.15) is 0 Å². The number of aromatic nitrogens is 1. The molecule has 1 atom stereocenters. The lowest BCUT2D eigenvalue weighted by atomic mass is 10.0. The minimum atomic E-state index is 0.278. The predicted octanol–water partition coefficient (Wildman–Crippen LogP) is 1.66. The van der Waals surface area contributed by atoms with E-state index in [-0.39, 0.29) is 6.04 Å². The van der Waals surface area contributed by atoms with Crippen molar-refractivity contribution in [1.82, 2.24) is 10.5 Å². The lowest BCUT2D eigenvalue weighted by Crippen LogP contribution is -2.14. The molecular weight excluding hydrogens is 164 g/mol. The zero-order chi connectivity index (χ0) is 9.26. The molecule has 3 nitrogen and oxygen atoms in total. The van der Waals surface area contributed by atoms with Crippen LogP contribution in [-0.2, 0) is 4.84 Å². The number of pyridine rings is 1. The fraction of sp³-hybridized carbons (Fsp3) is 0.500. The van der Waals surface area contributed by atoms with E-state index in [1.54, 1.807) is 0 Å².